The van der Waals surface area contributed by atoms with Gasteiger partial charge in [0.25, 0.3) is 0 Å². The predicted octanol–water partition coefficient (Wildman–Crippen LogP) is 1.97. The van der Waals surface area contributed by atoms with Crippen LogP contribution >= 0.6 is 12.2 Å². The Morgan fingerprint density at radius 3 is 2.47 bits per heavy atom. The van der Waals surface area contributed by atoms with Gasteiger partial charge in [0.1, 0.15) is 0 Å². The minimum atomic E-state index is 0.262. The molecule has 0 bridgehead atoms. The van der Waals surface area contributed by atoms with Gasteiger partial charge < -0.3 is 16.5 Å². The number of anilines is 2. The third kappa shape index (κ3) is 1.82. The van der Waals surface area contributed by atoms with E-state index in [1.807, 2.05) is 30.3 Å². The fraction of sp³-hybridized carbons (Fsp3) is 0. The third-order valence-electron chi connectivity index (χ3n) is 2.06. The van der Waals surface area contributed by atoms with Crippen molar-refractivity contribution in [2.75, 3.05) is 11.5 Å². The largest absolute Gasteiger partial charge is 0.394 e. The summed E-state index contributed by atoms with van der Waals surface area (Å²) >= 11 is 4.94. The number of aromatic amines is 1. The minimum absolute atomic E-state index is 0.262. The number of hydrogen-bond acceptors (Lipinski definition) is 4. The summed E-state index contributed by atoms with van der Waals surface area (Å²) in [6.07, 6.45) is 0. The van der Waals surface area contributed by atoms with Gasteiger partial charge in [-0.1, -0.05) is 30.3 Å². The summed E-state index contributed by atoms with van der Waals surface area (Å²) < 4.78 is 0.334. The molecule has 0 fully saturated rings. The van der Waals surface area contributed by atoms with Crippen LogP contribution < -0.4 is 11.5 Å². The highest BCUT2D eigenvalue weighted by atomic mass is 32.1. The zero-order valence-corrected chi connectivity index (χ0v) is 8.71. The quantitative estimate of drug-likeness (QED) is 0.639. The van der Waals surface area contributed by atoms with E-state index in [0.29, 0.717) is 16.2 Å². The van der Waals surface area contributed by atoms with Crippen LogP contribution in [0.2, 0.25) is 0 Å². The number of hydrogen-bond donors (Lipinski definition) is 3. The first-order chi connectivity index (χ1) is 7.18. The Balaban J connectivity index is 2.68. The molecule has 0 amide bonds. The number of nitrogen functional groups attached to an aromatic ring is 2. The lowest BCUT2D eigenvalue weighted by atomic mass is 10.1. The fourth-order valence-corrected chi connectivity index (χ4v) is 1.53. The molecule has 0 aliphatic heterocycles. The first kappa shape index (κ1) is 9.67. The van der Waals surface area contributed by atoms with Gasteiger partial charge in [-0.25, -0.2) is 4.98 Å². The first-order valence-electron chi connectivity index (χ1n) is 4.39. The van der Waals surface area contributed by atoms with Gasteiger partial charge >= 0.3 is 0 Å². The molecular formula is C10H10N4S. The molecule has 2 aromatic rings. The Hall–Kier alpha value is -1.88. The van der Waals surface area contributed by atoms with E-state index in [0.717, 1.165) is 5.56 Å². The van der Waals surface area contributed by atoms with Gasteiger partial charge in [-0.3, -0.25) is 0 Å². The molecule has 0 saturated carbocycles. The molecule has 0 unspecified atom stereocenters. The van der Waals surface area contributed by atoms with Crippen molar-refractivity contribution in [2.24, 2.45) is 0 Å². The van der Waals surface area contributed by atoms with Crippen LogP contribution in [-0.2, 0) is 0 Å². The first-order valence-corrected chi connectivity index (χ1v) is 4.80. The Labute approximate surface area is 92.0 Å². The van der Waals surface area contributed by atoms with Crippen LogP contribution in [0.4, 0.5) is 11.5 Å². The molecule has 0 atom stereocenters. The maximum atomic E-state index is 5.82. The highest BCUT2D eigenvalue weighted by Crippen LogP contribution is 2.25. The number of nitrogens with two attached hydrogens (primary N) is 2. The summed E-state index contributed by atoms with van der Waals surface area (Å²) in [6, 6.07) is 9.62. The number of nitrogens with one attached hydrogen (secondary N) is 1. The summed E-state index contributed by atoms with van der Waals surface area (Å²) in [5, 5.41) is 0. The number of aromatic nitrogens is 2. The molecule has 0 aliphatic carbocycles. The SMILES string of the molecule is Nc1nc(=S)[nH]c(-c2ccccc2)c1N. The second-order valence-corrected chi connectivity index (χ2v) is 3.47. The summed E-state index contributed by atoms with van der Waals surface area (Å²) in [7, 11) is 0. The molecule has 2 rings (SSSR count). The maximum absolute atomic E-state index is 5.82. The zero-order chi connectivity index (χ0) is 10.8. The summed E-state index contributed by atoms with van der Waals surface area (Å²) in [5.41, 5.74) is 13.5. The van der Waals surface area contributed by atoms with Gasteiger partial charge in [0, 0.05) is 5.56 Å². The Morgan fingerprint density at radius 1 is 1.13 bits per heavy atom. The van der Waals surface area contributed by atoms with E-state index in [4.69, 9.17) is 23.7 Å². The van der Waals surface area contributed by atoms with Gasteiger partial charge in [0.2, 0.25) is 0 Å². The molecule has 1 heterocycles. The average Bonchev–Trinajstić information content (AvgIpc) is 2.24. The molecule has 5 heteroatoms. The third-order valence-corrected chi connectivity index (χ3v) is 2.26. The van der Waals surface area contributed by atoms with Crippen LogP contribution in [0.5, 0.6) is 0 Å². The monoisotopic (exact) mass is 218 g/mol. The highest BCUT2D eigenvalue weighted by Gasteiger charge is 2.06. The van der Waals surface area contributed by atoms with E-state index in [1.54, 1.807) is 0 Å². The van der Waals surface area contributed by atoms with E-state index < -0.39 is 0 Å². The summed E-state index contributed by atoms with van der Waals surface area (Å²) in [4.78, 5) is 6.80. The molecule has 5 N–H and O–H groups in total. The second kappa shape index (κ2) is 3.70. The molecule has 0 aliphatic rings. The molecule has 1 aromatic heterocycles. The van der Waals surface area contributed by atoms with Crippen LogP contribution in [0, 0.1) is 4.77 Å². The second-order valence-electron chi connectivity index (χ2n) is 3.08. The lowest BCUT2D eigenvalue weighted by Gasteiger charge is -2.07. The van der Waals surface area contributed by atoms with Gasteiger partial charge in [-0.15, -0.1) is 0 Å². The van der Waals surface area contributed by atoms with Crippen LogP contribution in [0.25, 0.3) is 11.3 Å². The highest BCUT2D eigenvalue weighted by molar-refractivity contribution is 7.71. The number of H-pyrrole nitrogens is 1. The minimum Gasteiger partial charge on any atom is -0.394 e. The van der Waals surface area contributed by atoms with Gasteiger partial charge in [0.05, 0.1) is 11.4 Å². The van der Waals surface area contributed by atoms with E-state index in [-0.39, 0.29) is 5.82 Å². The number of rotatable bonds is 1. The van der Waals surface area contributed by atoms with Gasteiger partial charge in [0.15, 0.2) is 10.6 Å². The van der Waals surface area contributed by atoms with Crippen molar-refractivity contribution in [3.05, 3.63) is 35.1 Å². The molecule has 4 nitrogen and oxygen atoms in total. The van der Waals surface area contributed by atoms with Crippen LogP contribution in [0.15, 0.2) is 30.3 Å². The van der Waals surface area contributed by atoms with Crippen molar-refractivity contribution >= 4 is 23.7 Å². The van der Waals surface area contributed by atoms with E-state index in [9.17, 15) is 0 Å². The van der Waals surface area contributed by atoms with Crippen molar-refractivity contribution in [2.45, 2.75) is 0 Å². The number of nitrogens with zero attached hydrogens (tertiary/aromatic N) is 1. The van der Waals surface area contributed by atoms with E-state index in [1.165, 1.54) is 0 Å². The van der Waals surface area contributed by atoms with Crippen molar-refractivity contribution < 1.29 is 0 Å². The Bertz CT molecular complexity index is 533. The lowest BCUT2D eigenvalue weighted by Crippen LogP contribution is -2.02. The van der Waals surface area contributed by atoms with Crippen LogP contribution in [0.3, 0.4) is 0 Å². The Morgan fingerprint density at radius 2 is 1.80 bits per heavy atom. The normalized spacial score (nSPS) is 10.1. The standard InChI is InChI=1S/C10H10N4S/c11-7-8(6-4-2-1-3-5-6)13-10(15)14-9(7)12/h1-5H,11H2,(H3,12,13,14,15). The van der Waals surface area contributed by atoms with Crippen molar-refractivity contribution in [3.8, 4) is 11.3 Å². The van der Waals surface area contributed by atoms with Crippen molar-refractivity contribution in [1.29, 1.82) is 0 Å². The zero-order valence-electron chi connectivity index (χ0n) is 7.90. The lowest BCUT2D eigenvalue weighted by molar-refractivity contribution is 1.15. The smallest absolute Gasteiger partial charge is 0.199 e. The van der Waals surface area contributed by atoms with E-state index in [2.05, 4.69) is 9.97 Å². The summed E-state index contributed by atoms with van der Waals surface area (Å²) in [5.74, 6) is 0.262. The number of benzene rings is 1. The predicted molar refractivity (Wildman–Crippen MR) is 63.7 cm³/mol. The molecular weight excluding hydrogens is 208 g/mol. The maximum Gasteiger partial charge on any atom is 0.199 e. The molecule has 0 radical (unpaired) electrons. The van der Waals surface area contributed by atoms with Gasteiger partial charge in [-0.2, -0.15) is 0 Å². The topological polar surface area (TPSA) is 80.7 Å². The molecule has 1 aromatic carbocycles. The molecule has 0 spiro atoms. The van der Waals surface area contributed by atoms with Crippen LogP contribution in [0.1, 0.15) is 0 Å². The molecule has 76 valence electrons. The Kier molecular flexibility index (Phi) is 2.39. The fourth-order valence-electron chi connectivity index (χ4n) is 1.33. The molecule has 0 saturated heterocycles. The van der Waals surface area contributed by atoms with Gasteiger partial charge in [-0.05, 0) is 12.2 Å². The van der Waals surface area contributed by atoms with Crippen molar-refractivity contribution in [3.63, 3.8) is 0 Å². The molecule has 15 heavy (non-hydrogen) atoms. The van der Waals surface area contributed by atoms with E-state index >= 15 is 0 Å². The average molecular weight is 218 g/mol. The summed E-state index contributed by atoms with van der Waals surface area (Å²) in [6.45, 7) is 0. The van der Waals surface area contributed by atoms with Crippen LogP contribution in [-0.4, -0.2) is 9.97 Å². The van der Waals surface area contributed by atoms with Crippen molar-refractivity contribution in [1.82, 2.24) is 9.97 Å².